The van der Waals surface area contributed by atoms with Gasteiger partial charge in [-0.3, -0.25) is 14.6 Å². The summed E-state index contributed by atoms with van der Waals surface area (Å²) >= 11 is 0. The van der Waals surface area contributed by atoms with E-state index in [0.717, 1.165) is 52.7 Å². The van der Waals surface area contributed by atoms with Crippen LogP contribution in [0.25, 0.3) is 11.6 Å². The number of ketones is 2. The predicted octanol–water partition coefficient (Wildman–Crippen LogP) is 11.5. The minimum atomic E-state index is -0.0608. The van der Waals surface area contributed by atoms with Crippen LogP contribution in [0, 0.1) is 12.3 Å². The Morgan fingerprint density at radius 1 is 1.02 bits per heavy atom. The summed E-state index contributed by atoms with van der Waals surface area (Å²) in [6, 6.07) is 11.1. The smallest absolute Gasteiger partial charge is 0.160 e. The van der Waals surface area contributed by atoms with Gasteiger partial charge in [-0.1, -0.05) is 83.5 Å². The maximum absolute atomic E-state index is 12.8. The SMILES string of the molecule is C=C(C)C=N/C=C(\C)c1cc(/C=C\C)c(C(C)=O)c(Cc2ccc(C(CCC)CCC)c(C)c2)c1.CC.COCC1(C(C)=O)CC1. The number of allylic oxidation sites excluding steroid dienone is 3. The van der Waals surface area contributed by atoms with Crippen molar-refractivity contribution in [1.29, 1.82) is 0 Å². The van der Waals surface area contributed by atoms with Crippen molar-refractivity contribution in [2.24, 2.45) is 10.4 Å². The van der Waals surface area contributed by atoms with Gasteiger partial charge in [0.15, 0.2) is 5.78 Å². The number of ether oxygens (including phenoxy) is 1. The fraction of sp³-hybridized carbons (Fsp3) is 0.500. The summed E-state index contributed by atoms with van der Waals surface area (Å²) in [7, 11) is 1.64. The molecule has 0 N–H and O–H groups in total. The summed E-state index contributed by atoms with van der Waals surface area (Å²) in [5.74, 6) is 1.01. The molecule has 3 rings (SSSR count). The summed E-state index contributed by atoms with van der Waals surface area (Å²) in [5, 5.41) is 0. The molecule has 0 aliphatic heterocycles. The summed E-state index contributed by atoms with van der Waals surface area (Å²) in [4.78, 5) is 28.0. The number of methoxy groups -OCH3 is 1. The predicted molar refractivity (Wildman–Crippen MR) is 200 cm³/mol. The Hall–Kier alpha value is -3.37. The van der Waals surface area contributed by atoms with E-state index >= 15 is 0 Å². The van der Waals surface area contributed by atoms with Gasteiger partial charge in [-0.15, -0.1) is 0 Å². The van der Waals surface area contributed by atoms with Gasteiger partial charge in [0.05, 0.1) is 12.0 Å². The molecule has 0 atom stereocenters. The second kappa shape index (κ2) is 20.7. The number of aryl methyl sites for hydroxylation is 1. The van der Waals surface area contributed by atoms with Crippen molar-refractivity contribution in [3.8, 4) is 0 Å². The summed E-state index contributed by atoms with van der Waals surface area (Å²) < 4.78 is 4.91. The van der Waals surface area contributed by atoms with Crippen LogP contribution in [0.5, 0.6) is 0 Å². The highest BCUT2D eigenvalue weighted by molar-refractivity contribution is 6.00. The van der Waals surface area contributed by atoms with E-state index in [1.165, 1.54) is 42.4 Å². The lowest BCUT2D eigenvalue weighted by Crippen LogP contribution is -2.17. The number of carbonyl (C=O) groups is 2. The monoisotopic (exact) mass is 627 g/mol. The Balaban J connectivity index is 0.000000814. The number of benzene rings is 2. The van der Waals surface area contributed by atoms with Crippen molar-refractivity contribution in [1.82, 2.24) is 0 Å². The van der Waals surface area contributed by atoms with Gasteiger partial charge < -0.3 is 4.74 Å². The van der Waals surface area contributed by atoms with E-state index in [9.17, 15) is 9.59 Å². The van der Waals surface area contributed by atoms with E-state index in [1.54, 1.807) is 27.2 Å². The van der Waals surface area contributed by atoms with Crippen molar-refractivity contribution in [2.75, 3.05) is 13.7 Å². The molecular formula is C42H61NO3. The summed E-state index contributed by atoms with van der Waals surface area (Å²) in [6.07, 6.45) is 15.3. The first-order valence-electron chi connectivity index (χ1n) is 17.2. The normalized spacial score (nSPS) is 13.7. The van der Waals surface area contributed by atoms with E-state index in [0.29, 0.717) is 12.5 Å². The zero-order valence-corrected chi connectivity index (χ0v) is 30.8. The van der Waals surface area contributed by atoms with Gasteiger partial charge in [-0.05, 0) is 130 Å². The van der Waals surface area contributed by atoms with E-state index in [4.69, 9.17) is 4.74 Å². The van der Waals surface area contributed by atoms with Crippen molar-refractivity contribution in [3.05, 3.63) is 93.7 Å². The van der Waals surface area contributed by atoms with Gasteiger partial charge in [0.1, 0.15) is 5.78 Å². The van der Waals surface area contributed by atoms with Crippen molar-refractivity contribution in [2.45, 2.75) is 120 Å². The van der Waals surface area contributed by atoms with Gasteiger partial charge in [0.25, 0.3) is 0 Å². The van der Waals surface area contributed by atoms with Crippen LogP contribution in [0.1, 0.15) is 150 Å². The number of rotatable bonds is 15. The number of nitrogens with zero attached hydrogens (tertiary/aromatic N) is 1. The topological polar surface area (TPSA) is 55.7 Å². The Morgan fingerprint density at radius 2 is 1.65 bits per heavy atom. The van der Waals surface area contributed by atoms with Crippen LogP contribution in [-0.2, 0) is 16.0 Å². The van der Waals surface area contributed by atoms with Gasteiger partial charge in [0.2, 0.25) is 0 Å². The van der Waals surface area contributed by atoms with Gasteiger partial charge in [-0.25, -0.2) is 0 Å². The van der Waals surface area contributed by atoms with Crippen LogP contribution in [-0.4, -0.2) is 31.5 Å². The maximum Gasteiger partial charge on any atom is 0.160 e. The molecule has 2 aromatic rings. The second-order valence-corrected chi connectivity index (χ2v) is 12.5. The van der Waals surface area contributed by atoms with Crippen molar-refractivity contribution >= 4 is 29.4 Å². The van der Waals surface area contributed by atoms with Gasteiger partial charge in [0, 0.05) is 25.1 Å². The average Bonchev–Trinajstić information content (AvgIpc) is 3.79. The summed E-state index contributed by atoms with van der Waals surface area (Å²) in [5.41, 5.74) is 9.89. The lowest BCUT2D eigenvalue weighted by molar-refractivity contribution is -0.123. The molecule has 0 radical (unpaired) electrons. The molecule has 0 amide bonds. The van der Waals surface area contributed by atoms with E-state index in [1.807, 2.05) is 46.0 Å². The van der Waals surface area contributed by atoms with E-state index in [2.05, 4.69) is 69.6 Å². The number of hydrogen-bond donors (Lipinski definition) is 0. The Labute approximate surface area is 281 Å². The number of Topliss-reactive ketones (excluding diaryl/α,β-unsaturated/α-hetero) is 2. The van der Waals surface area contributed by atoms with Crippen LogP contribution in [0.3, 0.4) is 0 Å². The van der Waals surface area contributed by atoms with Crippen LogP contribution >= 0.6 is 0 Å². The molecular weight excluding hydrogens is 566 g/mol. The van der Waals surface area contributed by atoms with Crippen molar-refractivity contribution in [3.63, 3.8) is 0 Å². The molecule has 1 fully saturated rings. The molecule has 252 valence electrons. The molecule has 0 bridgehead atoms. The minimum Gasteiger partial charge on any atom is -0.384 e. The molecule has 1 saturated carbocycles. The van der Waals surface area contributed by atoms with Crippen LogP contribution < -0.4 is 0 Å². The van der Waals surface area contributed by atoms with Gasteiger partial charge in [-0.2, -0.15) is 0 Å². The molecule has 1 aliphatic rings. The molecule has 0 saturated heterocycles. The third kappa shape index (κ3) is 12.4. The second-order valence-electron chi connectivity index (χ2n) is 12.5. The molecule has 0 spiro atoms. The molecule has 2 aromatic carbocycles. The average molecular weight is 628 g/mol. The van der Waals surface area contributed by atoms with Crippen molar-refractivity contribution < 1.29 is 14.3 Å². The van der Waals surface area contributed by atoms with E-state index < -0.39 is 0 Å². The first-order chi connectivity index (χ1) is 21.9. The van der Waals surface area contributed by atoms with E-state index in [-0.39, 0.29) is 17.0 Å². The molecule has 0 unspecified atom stereocenters. The van der Waals surface area contributed by atoms with Crippen LogP contribution in [0.4, 0.5) is 0 Å². The highest BCUT2D eigenvalue weighted by Gasteiger charge is 2.47. The lowest BCUT2D eigenvalue weighted by Gasteiger charge is -2.20. The number of hydrogen-bond acceptors (Lipinski definition) is 4. The van der Waals surface area contributed by atoms with Crippen LogP contribution in [0.2, 0.25) is 0 Å². The molecule has 1 aliphatic carbocycles. The largest absolute Gasteiger partial charge is 0.384 e. The fourth-order valence-corrected chi connectivity index (χ4v) is 5.89. The number of carbonyl (C=O) groups excluding carboxylic acids is 2. The molecule has 46 heavy (non-hydrogen) atoms. The highest BCUT2D eigenvalue weighted by atomic mass is 16.5. The first kappa shape index (κ1) is 40.7. The molecule has 0 aromatic heterocycles. The Morgan fingerprint density at radius 3 is 2.09 bits per heavy atom. The maximum atomic E-state index is 12.8. The standard InChI is InChI=1S/C33H43NO.C7H12O2.C2H6/c1-9-12-28(13-10-2)32-16-15-27(17-24(32)6)18-31-20-30(25(7)22-34-21-23(4)5)19-29(14-11-3)33(31)26(8)35;1-6(8)7(3-4-7)5-9-2;1-2/h11,14-17,19-22,28H,4,9-10,12-13,18H2,1-3,5-8H3;3-5H2,1-2H3;1-2H3/b14-11-,25-22+,34-21?;;. The molecule has 0 heterocycles. The first-order valence-corrected chi connectivity index (χ1v) is 17.2. The lowest BCUT2D eigenvalue weighted by atomic mass is 9.85. The Bertz CT molecular complexity index is 1380. The zero-order valence-electron chi connectivity index (χ0n) is 30.8. The summed E-state index contributed by atoms with van der Waals surface area (Å²) in [6.45, 7) is 24.5. The zero-order chi connectivity index (χ0) is 34.9. The quantitative estimate of drug-likeness (QED) is 0.146. The fourth-order valence-electron chi connectivity index (χ4n) is 5.89. The van der Waals surface area contributed by atoms with Gasteiger partial charge >= 0.3 is 0 Å². The Kier molecular flexibility index (Phi) is 18.3. The minimum absolute atomic E-state index is 0.0608. The third-order valence-corrected chi connectivity index (χ3v) is 8.43. The highest BCUT2D eigenvalue weighted by Crippen LogP contribution is 2.46. The third-order valence-electron chi connectivity index (χ3n) is 8.43. The molecule has 4 heteroatoms. The molecule has 4 nitrogen and oxygen atoms in total. The number of aliphatic imine (C=N–C) groups is 1. The van der Waals surface area contributed by atoms with Crippen LogP contribution in [0.15, 0.2) is 59.8 Å².